The van der Waals surface area contributed by atoms with Crippen molar-refractivity contribution in [1.82, 2.24) is 4.90 Å². The first-order valence-corrected chi connectivity index (χ1v) is 6.13. The molecule has 0 bridgehead atoms. The van der Waals surface area contributed by atoms with E-state index in [0.717, 1.165) is 12.1 Å². The number of carbonyl (C=O) groups excluding carboxylic acids is 1. The number of likely N-dealkylation sites (tertiary alicyclic amines) is 1. The molecule has 0 aromatic heterocycles. The van der Waals surface area contributed by atoms with Gasteiger partial charge in [-0.05, 0) is 25.5 Å². The van der Waals surface area contributed by atoms with Gasteiger partial charge in [-0.2, -0.15) is 0 Å². The molecule has 1 amide bonds. The summed E-state index contributed by atoms with van der Waals surface area (Å²) >= 11 is 0. The van der Waals surface area contributed by atoms with E-state index in [1.54, 1.807) is 6.92 Å². The minimum absolute atomic E-state index is 0. The van der Waals surface area contributed by atoms with Gasteiger partial charge in [0.25, 0.3) is 0 Å². The smallest absolute Gasteiger partial charge is 0.239 e. The molecule has 112 valence electrons. The van der Waals surface area contributed by atoms with Crippen LogP contribution in [0.4, 0.5) is 13.2 Å². The van der Waals surface area contributed by atoms with E-state index in [1.165, 1.54) is 4.90 Å². The average molecular weight is 309 g/mol. The Morgan fingerprint density at radius 3 is 2.50 bits per heavy atom. The molecule has 1 aromatic rings. The van der Waals surface area contributed by atoms with Gasteiger partial charge in [0, 0.05) is 24.6 Å². The van der Waals surface area contributed by atoms with Crippen LogP contribution in [-0.4, -0.2) is 29.9 Å². The van der Waals surface area contributed by atoms with E-state index >= 15 is 0 Å². The highest BCUT2D eigenvalue weighted by Crippen LogP contribution is 2.31. The lowest BCUT2D eigenvalue weighted by Crippen LogP contribution is -2.51. The predicted octanol–water partition coefficient (Wildman–Crippen LogP) is 2.19. The lowest BCUT2D eigenvalue weighted by molar-refractivity contribution is -0.135. The van der Waals surface area contributed by atoms with Crippen molar-refractivity contribution in [3.63, 3.8) is 0 Å². The van der Waals surface area contributed by atoms with Crippen molar-refractivity contribution in [1.29, 1.82) is 0 Å². The summed E-state index contributed by atoms with van der Waals surface area (Å²) in [6.07, 6.45) is 0.118. The Morgan fingerprint density at radius 2 is 1.90 bits per heavy atom. The molecule has 1 fully saturated rings. The Morgan fingerprint density at radius 1 is 1.30 bits per heavy atom. The highest BCUT2D eigenvalue weighted by molar-refractivity contribution is 5.85. The molecule has 1 saturated heterocycles. The van der Waals surface area contributed by atoms with Gasteiger partial charge in [-0.3, -0.25) is 4.79 Å². The summed E-state index contributed by atoms with van der Waals surface area (Å²) in [5.41, 5.74) is 5.36. The third-order valence-electron chi connectivity index (χ3n) is 3.48. The summed E-state index contributed by atoms with van der Waals surface area (Å²) in [5, 5.41) is 0. The van der Waals surface area contributed by atoms with E-state index in [1.807, 2.05) is 0 Å². The number of carbonyl (C=O) groups is 1. The summed E-state index contributed by atoms with van der Waals surface area (Å²) < 4.78 is 40.7. The van der Waals surface area contributed by atoms with E-state index in [4.69, 9.17) is 5.73 Å². The van der Waals surface area contributed by atoms with Gasteiger partial charge in [0.15, 0.2) is 11.6 Å². The molecule has 1 aliphatic heterocycles. The number of hydrogen-bond donors (Lipinski definition) is 1. The molecule has 3 nitrogen and oxygen atoms in total. The lowest BCUT2D eigenvalue weighted by atomic mass is 9.87. The summed E-state index contributed by atoms with van der Waals surface area (Å²) in [7, 11) is 0. The molecule has 2 N–H and O–H groups in total. The highest BCUT2D eigenvalue weighted by atomic mass is 35.5. The van der Waals surface area contributed by atoms with Crippen molar-refractivity contribution in [2.24, 2.45) is 5.73 Å². The Bertz CT molecular complexity index is 513. The maximum atomic E-state index is 13.7. The van der Waals surface area contributed by atoms with E-state index in [2.05, 4.69) is 0 Å². The van der Waals surface area contributed by atoms with Crippen molar-refractivity contribution in [3.8, 4) is 0 Å². The average Bonchev–Trinajstić information content (AvgIpc) is 2.38. The largest absolute Gasteiger partial charge is 0.341 e. The molecule has 2 rings (SSSR count). The topological polar surface area (TPSA) is 46.3 Å². The number of likely N-dealkylation sites (N-methyl/N-ethyl adjacent to an activating group) is 1. The maximum absolute atomic E-state index is 13.7. The number of amides is 1. The van der Waals surface area contributed by atoms with Crippen LogP contribution in [0.3, 0.4) is 0 Å². The molecule has 0 spiro atoms. The molecule has 2 atom stereocenters. The van der Waals surface area contributed by atoms with Crippen molar-refractivity contribution >= 4 is 18.3 Å². The van der Waals surface area contributed by atoms with Crippen LogP contribution in [0.2, 0.25) is 0 Å². The SMILES string of the molecule is CCN1C[C@H](c2c(F)ccc(F)c2F)C[C@H](N)C1=O.Cl. The first-order chi connectivity index (χ1) is 8.95. The minimum Gasteiger partial charge on any atom is -0.341 e. The number of nitrogens with zero attached hydrogens (tertiary/aromatic N) is 1. The zero-order chi connectivity index (χ0) is 14.2. The van der Waals surface area contributed by atoms with Crippen LogP contribution in [0.5, 0.6) is 0 Å². The van der Waals surface area contributed by atoms with Gasteiger partial charge in [-0.1, -0.05) is 0 Å². The fourth-order valence-electron chi connectivity index (χ4n) is 2.48. The molecular weight excluding hydrogens is 293 g/mol. The third kappa shape index (κ3) is 2.91. The van der Waals surface area contributed by atoms with E-state index in [-0.39, 0.29) is 36.8 Å². The number of rotatable bonds is 2. The summed E-state index contributed by atoms with van der Waals surface area (Å²) in [5.74, 6) is -3.95. The van der Waals surface area contributed by atoms with Gasteiger partial charge in [0.05, 0.1) is 6.04 Å². The van der Waals surface area contributed by atoms with Gasteiger partial charge in [0.2, 0.25) is 5.91 Å². The van der Waals surface area contributed by atoms with Crippen molar-refractivity contribution in [2.75, 3.05) is 13.1 Å². The van der Waals surface area contributed by atoms with Crippen molar-refractivity contribution in [2.45, 2.75) is 25.3 Å². The zero-order valence-electron chi connectivity index (χ0n) is 10.9. The molecule has 20 heavy (non-hydrogen) atoms. The molecular formula is C13H16ClF3N2O. The van der Waals surface area contributed by atoms with Gasteiger partial charge in [-0.25, -0.2) is 13.2 Å². The Hall–Kier alpha value is -1.27. The van der Waals surface area contributed by atoms with Crippen LogP contribution in [-0.2, 0) is 4.79 Å². The quantitative estimate of drug-likeness (QED) is 0.851. The molecule has 7 heteroatoms. The predicted molar refractivity (Wildman–Crippen MR) is 71.2 cm³/mol. The van der Waals surface area contributed by atoms with Crippen molar-refractivity contribution < 1.29 is 18.0 Å². The van der Waals surface area contributed by atoms with Gasteiger partial charge in [0.1, 0.15) is 5.82 Å². The number of benzene rings is 1. The van der Waals surface area contributed by atoms with Crippen LogP contribution >= 0.6 is 12.4 Å². The standard InChI is InChI=1S/C13H15F3N2O.ClH/c1-2-18-6-7(5-10(17)13(18)19)11-8(14)3-4-9(15)12(11)16;/h3-4,7,10H,2,5-6,17H2,1H3;1H/t7-,10+;/m1./s1. The molecule has 1 heterocycles. The highest BCUT2D eigenvalue weighted by Gasteiger charge is 2.35. The first kappa shape index (κ1) is 16.8. The van der Waals surface area contributed by atoms with Crippen molar-refractivity contribution in [3.05, 3.63) is 35.1 Å². The lowest BCUT2D eigenvalue weighted by Gasteiger charge is -2.35. The fraction of sp³-hybridized carbons (Fsp3) is 0.462. The molecule has 0 unspecified atom stereocenters. The fourth-order valence-corrected chi connectivity index (χ4v) is 2.48. The second kappa shape index (κ2) is 6.45. The van der Waals surface area contributed by atoms with E-state index in [9.17, 15) is 18.0 Å². The Labute approximate surface area is 121 Å². The van der Waals surface area contributed by atoms with Gasteiger partial charge in [-0.15, -0.1) is 12.4 Å². The second-order valence-electron chi connectivity index (χ2n) is 4.67. The minimum atomic E-state index is -1.19. The number of nitrogens with two attached hydrogens (primary N) is 1. The molecule has 0 aliphatic carbocycles. The molecule has 1 aliphatic rings. The Balaban J connectivity index is 0.00000200. The van der Waals surface area contributed by atoms with Crippen LogP contribution < -0.4 is 5.73 Å². The van der Waals surface area contributed by atoms with Crippen LogP contribution in [0.25, 0.3) is 0 Å². The number of hydrogen-bond acceptors (Lipinski definition) is 2. The monoisotopic (exact) mass is 308 g/mol. The van der Waals surface area contributed by atoms with Crippen LogP contribution in [0, 0.1) is 17.5 Å². The second-order valence-corrected chi connectivity index (χ2v) is 4.67. The number of piperidine rings is 1. The third-order valence-corrected chi connectivity index (χ3v) is 3.48. The van der Waals surface area contributed by atoms with Gasteiger partial charge < -0.3 is 10.6 Å². The first-order valence-electron chi connectivity index (χ1n) is 6.13. The molecule has 1 aromatic carbocycles. The van der Waals surface area contributed by atoms with Crippen LogP contribution in [0.1, 0.15) is 24.8 Å². The summed E-state index contributed by atoms with van der Waals surface area (Å²) in [6, 6.07) is 0.840. The zero-order valence-corrected chi connectivity index (χ0v) is 11.7. The van der Waals surface area contributed by atoms with E-state index < -0.39 is 29.4 Å². The summed E-state index contributed by atoms with van der Waals surface area (Å²) in [6.45, 7) is 2.31. The van der Waals surface area contributed by atoms with E-state index in [0.29, 0.717) is 6.54 Å². The Kier molecular flexibility index (Phi) is 5.42. The maximum Gasteiger partial charge on any atom is 0.239 e. The van der Waals surface area contributed by atoms with Gasteiger partial charge >= 0.3 is 0 Å². The van der Waals surface area contributed by atoms with Crippen LogP contribution in [0.15, 0.2) is 12.1 Å². The molecule has 0 saturated carbocycles. The normalized spacial score (nSPS) is 22.6. The molecule has 0 radical (unpaired) electrons. The summed E-state index contributed by atoms with van der Waals surface area (Å²) in [4.78, 5) is 13.1. The number of halogens is 4.